The minimum atomic E-state index is -4.86. The molecule has 1 heterocycles. The zero-order chi connectivity index (χ0) is 24.9. The smallest absolute Gasteiger partial charge is 0.434 e. The number of alkyl halides is 3. The molecule has 0 saturated carbocycles. The fourth-order valence-corrected chi connectivity index (χ4v) is 3.78. The minimum Gasteiger partial charge on any atom is -0.462 e. The first-order chi connectivity index (χ1) is 16.1. The molecule has 1 aromatic heterocycles. The molecule has 178 valence electrons. The molecule has 0 bridgehead atoms. The largest absolute Gasteiger partial charge is 0.462 e. The highest BCUT2D eigenvalue weighted by Crippen LogP contribution is 2.34. The maximum atomic E-state index is 13.7. The first kappa shape index (κ1) is 24.8. The fraction of sp³-hybridized carbons (Fsp3) is 0.182. The van der Waals surface area contributed by atoms with E-state index in [0.717, 1.165) is 18.0 Å². The highest BCUT2D eigenvalue weighted by Gasteiger charge is 2.41. The molecule has 3 rings (SSSR count). The van der Waals surface area contributed by atoms with Gasteiger partial charge in [0.05, 0.1) is 29.8 Å². The van der Waals surface area contributed by atoms with Gasteiger partial charge >= 0.3 is 12.1 Å². The van der Waals surface area contributed by atoms with Gasteiger partial charge in [-0.15, -0.1) is 11.8 Å². The van der Waals surface area contributed by atoms with E-state index < -0.39 is 35.2 Å². The molecule has 3 N–H and O–H groups in total. The standard InChI is InChI=1S/C22H19F3N4O4S/c1-2-33-21(32)16-11-27-29(19(16)22(23,24)25)14-9-7-13(8-10-14)28-20(31)15-5-3-4-6-17(15)34-12-18(26)30/h3-11H,2,12H2,1H3,(H2,26,30)(H,28,31). The summed E-state index contributed by atoms with van der Waals surface area (Å²) in [7, 11) is 0. The van der Waals surface area contributed by atoms with Crippen molar-refractivity contribution in [2.75, 3.05) is 17.7 Å². The summed E-state index contributed by atoms with van der Waals surface area (Å²) < 4.78 is 46.3. The second kappa shape index (κ2) is 10.4. The lowest BCUT2D eigenvalue weighted by atomic mass is 10.2. The average molecular weight is 492 g/mol. The van der Waals surface area contributed by atoms with Crippen LogP contribution in [0.1, 0.15) is 33.3 Å². The average Bonchev–Trinajstić information content (AvgIpc) is 3.24. The molecule has 0 radical (unpaired) electrons. The molecule has 3 aromatic rings. The van der Waals surface area contributed by atoms with Gasteiger partial charge in [-0.25, -0.2) is 9.48 Å². The third-order valence-corrected chi connectivity index (χ3v) is 5.50. The maximum absolute atomic E-state index is 13.7. The van der Waals surface area contributed by atoms with Gasteiger partial charge in [-0.2, -0.15) is 18.3 Å². The highest BCUT2D eigenvalue weighted by molar-refractivity contribution is 8.00. The normalized spacial score (nSPS) is 11.2. The van der Waals surface area contributed by atoms with Crippen molar-refractivity contribution in [2.45, 2.75) is 18.0 Å². The van der Waals surface area contributed by atoms with E-state index >= 15 is 0 Å². The number of carbonyl (C=O) groups excluding carboxylic acids is 3. The van der Waals surface area contributed by atoms with Gasteiger partial charge in [0, 0.05) is 10.6 Å². The molecule has 2 amide bonds. The van der Waals surface area contributed by atoms with E-state index in [1.54, 1.807) is 24.3 Å². The van der Waals surface area contributed by atoms with Crippen molar-refractivity contribution < 1.29 is 32.3 Å². The Labute approximate surface area is 196 Å². The topological polar surface area (TPSA) is 116 Å². The van der Waals surface area contributed by atoms with Crippen molar-refractivity contribution in [2.24, 2.45) is 5.73 Å². The van der Waals surface area contributed by atoms with E-state index in [4.69, 9.17) is 10.5 Å². The Balaban J connectivity index is 1.84. The second-order valence-electron chi connectivity index (χ2n) is 6.79. The maximum Gasteiger partial charge on any atom is 0.434 e. The number of hydrogen-bond acceptors (Lipinski definition) is 6. The molecular weight excluding hydrogens is 473 g/mol. The lowest BCUT2D eigenvalue weighted by Gasteiger charge is -2.13. The van der Waals surface area contributed by atoms with Crippen LogP contribution in [0.4, 0.5) is 18.9 Å². The lowest BCUT2D eigenvalue weighted by molar-refractivity contribution is -0.143. The zero-order valence-electron chi connectivity index (χ0n) is 17.8. The fourth-order valence-electron chi connectivity index (χ4n) is 2.99. The Hall–Kier alpha value is -3.80. The molecule has 0 unspecified atom stereocenters. The third kappa shape index (κ3) is 5.76. The number of esters is 1. The Bertz CT molecular complexity index is 1210. The second-order valence-corrected chi connectivity index (χ2v) is 7.81. The first-order valence-electron chi connectivity index (χ1n) is 9.86. The highest BCUT2D eigenvalue weighted by atomic mass is 32.2. The van der Waals surface area contributed by atoms with Gasteiger partial charge in [0.15, 0.2) is 5.69 Å². The summed E-state index contributed by atoms with van der Waals surface area (Å²) in [5, 5.41) is 6.36. The van der Waals surface area contributed by atoms with Crippen LogP contribution in [0.3, 0.4) is 0 Å². The Kier molecular flexibility index (Phi) is 7.61. The molecule has 0 saturated heterocycles. The Morgan fingerprint density at radius 1 is 1.09 bits per heavy atom. The number of thioether (sulfide) groups is 1. The quantitative estimate of drug-likeness (QED) is 0.364. The number of carbonyl (C=O) groups is 3. The number of nitrogens with two attached hydrogens (primary N) is 1. The summed E-state index contributed by atoms with van der Waals surface area (Å²) in [5.41, 5.74) is 3.85. The van der Waals surface area contributed by atoms with E-state index in [1.165, 1.54) is 31.2 Å². The van der Waals surface area contributed by atoms with Crippen molar-refractivity contribution in [1.29, 1.82) is 0 Å². The molecule has 8 nitrogen and oxygen atoms in total. The Morgan fingerprint density at radius 2 is 1.76 bits per heavy atom. The summed E-state index contributed by atoms with van der Waals surface area (Å²) in [6.45, 7) is 1.40. The van der Waals surface area contributed by atoms with Crippen LogP contribution in [0.2, 0.25) is 0 Å². The van der Waals surface area contributed by atoms with Gasteiger partial charge < -0.3 is 15.8 Å². The molecule has 34 heavy (non-hydrogen) atoms. The van der Waals surface area contributed by atoms with Gasteiger partial charge in [0.1, 0.15) is 5.56 Å². The zero-order valence-corrected chi connectivity index (χ0v) is 18.6. The van der Waals surface area contributed by atoms with Gasteiger partial charge in [-0.3, -0.25) is 9.59 Å². The van der Waals surface area contributed by atoms with Crippen LogP contribution >= 0.6 is 11.8 Å². The van der Waals surface area contributed by atoms with Crippen LogP contribution < -0.4 is 11.1 Å². The summed E-state index contributed by atoms with van der Waals surface area (Å²) in [6.07, 6.45) is -4.06. The number of ether oxygens (including phenoxy) is 1. The molecule has 0 fully saturated rings. The molecule has 0 aliphatic carbocycles. The number of rotatable bonds is 8. The number of primary amides is 1. The molecule has 0 atom stereocenters. The predicted octanol–water partition coefficient (Wildman–Crippen LogP) is 3.90. The number of aromatic nitrogens is 2. The van der Waals surface area contributed by atoms with Crippen LogP contribution in [-0.4, -0.2) is 39.9 Å². The van der Waals surface area contributed by atoms with E-state index in [2.05, 4.69) is 10.4 Å². The first-order valence-corrected chi connectivity index (χ1v) is 10.8. The third-order valence-electron chi connectivity index (χ3n) is 4.40. The van der Waals surface area contributed by atoms with E-state index in [1.807, 2.05) is 0 Å². The van der Waals surface area contributed by atoms with Crippen LogP contribution in [0, 0.1) is 0 Å². The van der Waals surface area contributed by atoms with Crippen LogP contribution in [0.25, 0.3) is 5.69 Å². The predicted molar refractivity (Wildman–Crippen MR) is 119 cm³/mol. The van der Waals surface area contributed by atoms with Crippen molar-refractivity contribution in [3.63, 3.8) is 0 Å². The number of hydrogen-bond donors (Lipinski definition) is 2. The summed E-state index contributed by atoms with van der Waals surface area (Å²) in [6, 6.07) is 12.1. The van der Waals surface area contributed by atoms with Crippen LogP contribution in [0.15, 0.2) is 59.6 Å². The van der Waals surface area contributed by atoms with Crippen molar-refractivity contribution in [3.05, 3.63) is 71.5 Å². The van der Waals surface area contributed by atoms with Crippen molar-refractivity contribution in [1.82, 2.24) is 9.78 Å². The molecule has 0 aliphatic heterocycles. The molecular formula is C22H19F3N4O4S. The summed E-state index contributed by atoms with van der Waals surface area (Å²) in [5.74, 6) is -2.13. The lowest BCUT2D eigenvalue weighted by Crippen LogP contribution is -2.18. The van der Waals surface area contributed by atoms with Gasteiger partial charge in [0.2, 0.25) is 5.91 Å². The monoisotopic (exact) mass is 492 g/mol. The summed E-state index contributed by atoms with van der Waals surface area (Å²) >= 11 is 1.11. The number of nitrogens with one attached hydrogen (secondary N) is 1. The van der Waals surface area contributed by atoms with Crippen molar-refractivity contribution in [3.8, 4) is 5.69 Å². The van der Waals surface area contributed by atoms with Gasteiger partial charge in [-0.05, 0) is 43.3 Å². The van der Waals surface area contributed by atoms with Crippen LogP contribution in [0.5, 0.6) is 0 Å². The van der Waals surface area contributed by atoms with Crippen molar-refractivity contribution >= 4 is 35.2 Å². The molecule has 12 heteroatoms. The number of benzene rings is 2. The molecule has 0 spiro atoms. The van der Waals surface area contributed by atoms with E-state index in [-0.39, 0.29) is 18.0 Å². The van der Waals surface area contributed by atoms with E-state index in [0.29, 0.717) is 20.8 Å². The number of anilines is 1. The number of nitrogens with zero attached hydrogens (tertiary/aromatic N) is 2. The van der Waals surface area contributed by atoms with Gasteiger partial charge in [0.25, 0.3) is 5.91 Å². The Morgan fingerprint density at radius 3 is 2.38 bits per heavy atom. The molecule has 2 aromatic carbocycles. The van der Waals surface area contributed by atoms with Gasteiger partial charge in [-0.1, -0.05) is 12.1 Å². The van der Waals surface area contributed by atoms with Crippen LogP contribution in [-0.2, 0) is 15.7 Å². The van der Waals surface area contributed by atoms with E-state index in [9.17, 15) is 27.6 Å². The SMILES string of the molecule is CCOC(=O)c1cnn(-c2ccc(NC(=O)c3ccccc3SCC(N)=O)cc2)c1C(F)(F)F. The number of halogens is 3. The molecule has 0 aliphatic rings. The summed E-state index contributed by atoms with van der Waals surface area (Å²) in [4.78, 5) is 36.2. The minimum absolute atomic E-state index is 0.00180. The number of amides is 2.